The second kappa shape index (κ2) is 5.80. The molecule has 17 heavy (non-hydrogen) atoms. The van der Waals surface area contributed by atoms with Crippen molar-refractivity contribution in [2.24, 2.45) is 5.92 Å². The lowest BCUT2D eigenvalue weighted by atomic mass is 9.99. The molecular weight excluding hydrogens is 232 g/mol. The summed E-state index contributed by atoms with van der Waals surface area (Å²) in [6.07, 6.45) is 0. The Balaban J connectivity index is 3.02. The zero-order chi connectivity index (χ0) is 13.1. The minimum absolute atomic E-state index is 0.0633. The Morgan fingerprint density at radius 3 is 1.94 bits per heavy atom. The lowest BCUT2D eigenvalue weighted by Gasteiger charge is -2.50. The van der Waals surface area contributed by atoms with Gasteiger partial charge in [0.15, 0.2) is 0 Å². The maximum atomic E-state index is 5.97. The van der Waals surface area contributed by atoms with Crippen molar-refractivity contribution in [1.82, 2.24) is 9.88 Å². The molecule has 102 valence electrons. The summed E-state index contributed by atoms with van der Waals surface area (Å²) in [4.78, 5) is 0. The van der Waals surface area contributed by atoms with E-state index in [2.05, 4.69) is 37.6 Å². The van der Waals surface area contributed by atoms with E-state index in [-0.39, 0.29) is 5.04 Å². The van der Waals surface area contributed by atoms with Gasteiger partial charge in [-0.3, -0.25) is 4.57 Å². The molecule has 0 aliphatic carbocycles. The standard InChI is InChI=1S/C12H28N2O2Si/c1-11(2)12(3,4)17(15-5,16-6)14-9-7-13-8-10-14/h11,13H,7-10H2,1-6H3. The number of hydrogen-bond acceptors (Lipinski definition) is 4. The molecule has 1 fully saturated rings. The van der Waals surface area contributed by atoms with Gasteiger partial charge < -0.3 is 14.2 Å². The highest BCUT2D eigenvalue weighted by Crippen LogP contribution is 2.46. The van der Waals surface area contributed by atoms with E-state index in [4.69, 9.17) is 8.85 Å². The Kier molecular flexibility index (Phi) is 5.16. The first kappa shape index (κ1) is 15.1. The molecule has 0 spiro atoms. The molecule has 1 aliphatic heterocycles. The quantitative estimate of drug-likeness (QED) is 0.761. The predicted octanol–water partition coefficient (Wildman–Crippen LogP) is 1.56. The van der Waals surface area contributed by atoms with E-state index in [1.165, 1.54) is 0 Å². The van der Waals surface area contributed by atoms with Gasteiger partial charge in [0.1, 0.15) is 0 Å². The molecular formula is C12H28N2O2Si. The molecule has 1 N–H and O–H groups in total. The van der Waals surface area contributed by atoms with Crippen LogP contribution in [0.15, 0.2) is 0 Å². The van der Waals surface area contributed by atoms with Crippen molar-refractivity contribution in [2.75, 3.05) is 40.4 Å². The smallest absolute Gasteiger partial charge is 0.386 e. The van der Waals surface area contributed by atoms with E-state index in [0.29, 0.717) is 5.92 Å². The Morgan fingerprint density at radius 1 is 1.12 bits per heavy atom. The Hall–Kier alpha value is 0.0569. The summed E-state index contributed by atoms with van der Waals surface area (Å²) >= 11 is 0. The fourth-order valence-corrected chi connectivity index (χ4v) is 6.69. The molecule has 0 saturated carbocycles. The molecule has 0 aromatic carbocycles. The van der Waals surface area contributed by atoms with E-state index >= 15 is 0 Å². The third kappa shape index (κ3) is 2.58. The Morgan fingerprint density at radius 2 is 1.59 bits per heavy atom. The fraction of sp³-hybridized carbons (Fsp3) is 1.00. The summed E-state index contributed by atoms with van der Waals surface area (Å²) in [6.45, 7) is 13.1. The van der Waals surface area contributed by atoms with Gasteiger partial charge in [0.25, 0.3) is 0 Å². The van der Waals surface area contributed by atoms with Crippen LogP contribution >= 0.6 is 0 Å². The van der Waals surface area contributed by atoms with E-state index in [0.717, 1.165) is 26.2 Å². The van der Waals surface area contributed by atoms with Crippen molar-refractivity contribution >= 4 is 8.72 Å². The molecule has 0 aromatic heterocycles. The lowest BCUT2D eigenvalue weighted by molar-refractivity contribution is 0.114. The van der Waals surface area contributed by atoms with Gasteiger partial charge in [-0.15, -0.1) is 0 Å². The number of piperazine rings is 1. The van der Waals surface area contributed by atoms with Gasteiger partial charge in [-0.2, -0.15) is 0 Å². The summed E-state index contributed by atoms with van der Waals surface area (Å²) in [7, 11) is 1.27. The number of nitrogens with one attached hydrogen (secondary N) is 1. The van der Waals surface area contributed by atoms with Gasteiger partial charge >= 0.3 is 8.72 Å². The zero-order valence-corrected chi connectivity index (χ0v) is 13.2. The molecule has 4 nitrogen and oxygen atoms in total. The summed E-state index contributed by atoms with van der Waals surface area (Å²) in [6, 6.07) is 0. The topological polar surface area (TPSA) is 33.7 Å². The molecule has 0 radical (unpaired) electrons. The predicted molar refractivity (Wildman–Crippen MR) is 73.1 cm³/mol. The third-order valence-electron chi connectivity index (χ3n) is 4.34. The average molecular weight is 260 g/mol. The van der Waals surface area contributed by atoms with Crippen LogP contribution in [0.1, 0.15) is 27.7 Å². The van der Waals surface area contributed by atoms with Crippen molar-refractivity contribution in [1.29, 1.82) is 0 Å². The highest BCUT2D eigenvalue weighted by Gasteiger charge is 2.57. The monoisotopic (exact) mass is 260 g/mol. The first-order valence-electron chi connectivity index (χ1n) is 6.48. The van der Waals surface area contributed by atoms with Crippen molar-refractivity contribution in [3.63, 3.8) is 0 Å². The van der Waals surface area contributed by atoms with Crippen LogP contribution in [-0.4, -0.2) is 53.7 Å². The van der Waals surface area contributed by atoms with Crippen molar-refractivity contribution in [3.05, 3.63) is 0 Å². The molecule has 1 rings (SSSR count). The molecule has 0 atom stereocenters. The summed E-state index contributed by atoms with van der Waals surface area (Å²) < 4.78 is 14.4. The Bertz CT molecular complexity index is 237. The number of rotatable bonds is 5. The molecule has 0 amide bonds. The third-order valence-corrected chi connectivity index (χ3v) is 8.94. The van der Waals surface area contributed by atoms with E-state index in [9.17, 15) is 0 Å². The van der Waals surface area contributed by atoms with Gasteiger partial charge in [0, 0.05) is 45.4 Å². The molecule has 5 heteroatoms. The van der Waals surface area contributed by atoms with E-state index < -0.39 is 8.72 Å². The number of nitrogens with zero attached hydrogens (tertiary/aromatic N) is 1. The van der Waals surface area contributed by atoms with Crippen LogP contribution in [0, 0.1) is 5.92 Å². The molecule has 1 saturated heterocycles. The second-order valence-corrected chi connectivity index (χ2v) is 9.50. The van der Waals surface area contributed by atoms with Crippen LogP contribution in [0.3, 0.4) is 0 Å². The highest BCUT2D eigenvalue weighted by atomic mass is 28.4. The van der Waals surface area contributed by atoms with Crippen LogP contribution in [0.25, 0.3) is 0 Å². The van der Waals surface area contributed by atoms with Gasteiger partial charge in [-0.05, 0) is 5.92 Å². The van der Waals surface area contributed by atoms with Crippen molar-refractivity contribution in [3.8, 4) is 0 Å². The van der Waals surface area contributed by atoms with Crippen molar-refractivity contribution < 1.29 is 8.85 Å². The minimum atomic E-state index is -2.34. The lowest BCUT2D eigenvalue weighted by Crippen LogP contribution is -2.68. The van der Waals surface area contributed by atoms with Crippen molar-refractivity contribution in [2.45, 2.75) is 32.7 Å². The first-order valence-corrected chi connectivity index (χ1v) is 8.24. The van der Waals surface area contributed by atoms with E-state index in [1.807, 2.05) is 14.2 Å². The molecule has 1 aliphatic rings. The van der Waals surface area contributed by atoms with Gasteiger partial charge in [-0.25, -0.2) is 0 Å². The second-order valence-electron chi connectivity index (χ2n) is 5.60. The molecule has 0 aromatic rings. The summed E-state index contributed by atoms with van der Waals surface area (Å²) in [5, 5.41) is 3.45. The summed E-state index contributed by atoms with van der Waals surface area (Å²) in [5.74, 6) is 0.531. The molecule has 0 unspecified atom stereocenters. The van der Waals surface area contributed by atoms with Crippen LogP contribution in [0.4, 0.5) is 0 Å². The fourth-order valence-electron chi connectivity index (χ4n) is 2.60. The van der Waals surface area contributed by atoms with Gasteiger partial charge in [-0.1, -0.05) is 27.7 Å². The largest absolute Gasteiger partial charge is 0.433 e. The van der Waals surface area contributed by atoms with Crippen LogP contribution in [0.5, 0.6) is 0 Å². The maximum Gasteiger partial charge on any atom is 0.433 e. The summed E-state index contributed by atoms with van der Waals surface area (Å²) in [5.41, 5.74) is 0. The average Bonchev–Trinajstić information content (AvgIpc) is 2.32. The number of hydrogen-bond donors (Lipinski definition) is 1. The normalized spacial score (nSPS) is 19.9. The van der Waals surface area contributed by atoms with Gasteiger partial charge in [0.2, 0.25) is 0 Å². The van der Waals surface area contributed by atoms with Crippen LogP contribution in [-0.2, 0) is 8.85 Å². The van der Waals surface area contributed by atoms with Crippen LogP contribution in [0.2, 0.25) is 5.04 Å². The minimum Gasteiger partial charge on any atom is -0.386 e. The molecule has 0 bridgehead atoms. The zero-order valence-electron chi connectivity index (χ0n) is 12.2. The van der Waals surface area contributed by atoms with Crippen LogP contribution < -0.4 is 5.32 Å². The van der Waals surface area contributed by atoms with Gasteiger partial charge in [0.05, 0.1) is 0 Å². The Labute approximate surface area is 107 Å². The first-order chi connectivity index (χ1) is 7.92. The highest BCUT2D eigenvalue weighted by molar-refractivity contribution is 6.67. The molecule has 1 heterocycles. The SMILES string of the molecule is CO[Si](OC)(N1CCNCC1)C(C)(C)C(C)C. The van der Waals surface area contributed by atoms with E-state index in [1.54, 1.807) is 0 Å². The maximum absolute atomic E-state index is 5.97.